The van der Waals surface area contributed by atoms with Crippen LogP contribution in [0.3, 0.4) is 0 Å². The zero-order chi connectivity index (χ0) is 48.4. The molecule has 10 aromatic carbocycles. The van der Waals surface area contributed by atoms with Crippen molar-refractivity contribution in [2.75, 3.05) is 9.80 Å². The van der Waals surface area contributed by atoms with E-state index in [2.05, 4.69) is 278 Å². The van der Waals surface area contributed by atoms with E-state index in [0.717, 1.165) is 34.1 Å². The number of fused-ring (bicyclic) bond motifs is 21. The van der Waals surface area contributed by atoms with Crippen LogP contribution in [0.5, 0.6) is 0 Å². The molecule has 0 saturated heterocycles. The minimum absolute atomic E-state index is 0.384. The molecule has 342 valence electrons. The van der Waals surface area contributed by atoms with Crippen molar-refractivity contribution in [3.05, 3.63) is 322 Å². The van der Waals surface area contributed by atoms with Gasteiger partial charge >= 0.3 is 0 Å². The number of rotatable bonds is 6. The Hall–Kier alpha value is -9.24. The maximum absolute atomic E-state index is 4.47. The number of para-hydroxylation sites is 3. The van der Waals surface area contributed by atoms with Crippen LogP contribution in [0.2, 0.25) is 0 Å². The molecule has 1 aliphatic heterocycles. The van der Waals surface area contributed by atoms with Crippen LogP contribution in [0.15, 0.2) is 267 Å². The predicted molar refractivity (Wildman–Crippen MR) is 304 cm³/mol. The maximum Gasteiger partial charge on any atom is 0.0726 e. The molecule has 1 heterocycles. The number of benzene rings is 10. The van der Waals surface area contributed by atoms with Gasteiger partial charge in [0.05, 0.1) is 33.6 Å². The second-order valence-electron chi connectivity index (χ2n) is 19.9. The average Bonchev–Trinajstić information content (AvgIpc) is 4.15. The van der Waals surface area contributed by atoms with Gasteiger partial charge in [0.2, 0.25) is 0 Å². The molecule has 5 aliphatic rings. The molecule has 0 unspecified atom stereocenters. The van der Waals surface area contributed by atoms with Gasteiger partial charge in [0.1, 0.15) is 0 Å². The standard InChI is InChI=1S/C71H48N2/c1-3-20-67-66(4-2)73(69-34-19-18-33-68(69)72(67)48-21-6-5-7-22-48)49-39-42-57-56-41-38-47(44-64(56)71(65(57)45-49)61-31-16-10-25-52(61)53-26-11-17-32-62(53)71)36-35-46-37-40-55-54-27-12-15-30-60(54)70(63(55)43-46)58-28-13-8-23-50(58)51-24-9-14-29-59(51)70/h3-45H,2H2,1H3/b20-3-,36-35+. The van der Waals surface area contributed by atoms with Crippen LogP contribution in [0.1, 0.15) is 62.6 Å². The zero-order valence-electron chi connectivity index (χ0n) is 40.4. The largest absolute Gasteiger partial charge is 0.306 e. The molecule has 0 saturated carbocycles. The minimum Gasteiger partial charge on any atom is -0.306 e. The van der Waals surface area contributed by atoms with E-state index in [-0.39, 0.29) is 5.41 Å². The van der Waals surface area contributed by atoms with E-state index >= 15 is 0 Å². The van der Waals surface area contributed by atoms with Crippen LogP contribution in [-0.4, -0.2) is 0 Å². The van der Waals surface area contributed by atoms with Crippen LogP contribution >= 0.6 is 0 Å². The van der Waals surface area contributed by atoms with Crippen LogP contribution in [0.25, 0.3) is 56.7 Å². The summed E-state index contributed by atoms with van der Waals surface area (Å²) in [6.45, 7) is 6.56. The lowest BCUT2D eigenvalue weighted by Crippen LogP contribution is -2.31. The molecule has 73 heavy (non-hydrogen) atoms. The highest BCUT2D eigenvalue weighted by atomic mass is 15.3. The molecule has 2 nitrogen and oxygen atoms in total. The first-order chi connectivity index (χ1) is 36.1. The van der Waals surface area contributed by atoms with Gasteiger partial charge in [-0.3, -0.25) is 0 Å². The zero-order valence-corrected chi connectivity index (χ0v) is 40.4. The summed E-state index contributed by atoms with van der Waals surface area (Å²) >= 11 is 0. The van der Waals surface area contributed by atoms with Crippen LogP contribution in [0, 0.1) is 0 Å². The first-order valence-electron chi connectivity index (χ1n) is 25.5. The smallest absolute Gasteiger partial charge is 0.0726 e. The molecule has 0 fully saturated rings. The highest BCUT2D eigenvalue weighted by Crippen LogP contribution is 2.65. The second kappa shape index (κ2) is 15.6. The van der Waals surface area contributed by atoms with Crippen molar-refractivity contribution >= 4 is 34.9 Å². The molecule has 10 aromatic rings. The summed E-state index contributed by atoms with van der Waals surface area (Å²) in [6, 6.07) is 86.2. The number of anilines is 4. The Bertz CT molecular complexity index is 3980. The molecule has 4 aliphatic carbocycles. The van der Waals surface area contributed by atoms with Crippen molar-refractivity contribution in [2.45, 2.75) is 17.8 Å². The molecule has 0 radical (unpaired) electrons. The average molecular weight is 929 g/mol. The lowest BCUT2D eigenvalue weighted by Gasteiger charge is -2.41. The third kappa shape index (κ3) is 5.47. The van der Waals surface area contributed by atoms with Crippen molar-refractivity contribution in [1.82, 2.24) is 0 Å². The Morgan fingerprint density at radius 2 is 0.671 bits per heavy atom. The Morgan fingerprint density at radius 3 is 1.11 bits per heavy atom. The minimum atomic E-state index is -0.553. The summed E-state index contributed by atoms with van der Waals surface area (Å²) in [5, 5.41) is 0. The highest BCUT2D eigenvalue weighted by molar-refractivity contribution is 5.99. The molecule has 0 bridgehead atoms. The Kier molecular flexibility index (Phi) is 8.89. The maximum atomic E-state index is 4.47. The normalized spacial score (nSPS) is 15.2. The highest BCUT2D eigenvalue weighted by Gasteiger charge is 2.53. The second-order valence-corrected chi connectivity index (χ2v) is 19.9. The molecule has 2 spiro atoms. The first kappa shape index (κ1) is 41.5. The summed E-state index contributed by atoms with van der Waals surface area (Å²) in [5.74, 6) is 0. The SMILES string of the molecule is C=CC1=C(/C=C\C)N(c2ccccc2)c2ccccc2N1c1ccc2c(c1)C1(c3ccccc3-c3ccccc31)c1cc(/C=C/c3ccc4c(c3)C3(c5ccccc5-c5ccccc53)c3ccccc3-4)ccc1-2. The Labute approximate surface area is 427 Å². The number of hydrogen-bond donors (Lipinski definition) is 0. The molecule has 0 atom stereocenters. The summed E-state index contributed by atoms with van der Waals surface area (Å²) in [5.41, 5.74) is 28.9. The van der Waals surface area contributed by atoms with Gasteiger partial charge < -0.3 is 9.80 Å². The van der Waals surface area contributed by atoms with Crippen molar-refractivity contribution in [1.29, 1.82) is 0 Å². The molecular formula is C71H48N2. The van der Waals surface area contributed by atoms with Gasteiger partial charge in [-0.1, -0.05) is 207 Å². The number of nitrogens with zero attached hydrogens (tertiary/aromatic N) is 2. The lowest BCUT2D eigenvalue weighted by molar-refractivity contribution is 0.793. The number of hydrogen-bond acceptors (Lipinski definition) is 2. The van der Waals surface area contributed by atoms with Crippen molar-refractivity contribution < 1.29 is 0 Å². The molecular weight excluding hydrogens is 881 g/mol. The van der Waals surface area contributed by atoms with E-state index in [0.29, 0.717) is 0 Å². The third-order valence-electron chi connectivity index (χ3n) is 16.5. The summed E-state index contributed by atoms with van der Waals surface area (Å²) in [7, 11) is 0. The van der Waals surface area contributed by atoms with Crippen LogP contribution in [-0.2, 0) is 10.8 Å². The van der Waals surface area contributed by atoms with Gasteiger partial charge in [0.15, 0.2) is 0 Å². The Morgan fingerprint density at radius 1 is 0.315 bits per heavy atom. The van der Waals surface area contributed by atoms with Gasteiger partial charge in [-0.15, -0.1) is 0 Å². The van der Waals surface area contributed by atoms with E-state index in [1.165, 1.54) is 100 Å². The summed E-state index contributed by atoms with van der Waals surface area (Å²) in [4.78, 5) is 4.77. The van der Waals surface area contributed by atoms with E-state index in [4.69, 9.17) is 0 Å². The van der Waals surface area contributed by atoms with Crippen LogP contribution in [0.4, 0.5) is 22.7 Å². The van der Waals surface area contributed by atoms with Crippen molar-refractivity contribution in [2.24, 2.45) is 0 Å². The van der Waals surface area contributed by atoms with Crippen molar-refractivity contribution in [3.8, 4) is 44.5 Å². The quantitative estimate of drug-likeness (QED) is 0.153. The third-order valence-corrected chi connectivity index (χ3v) is 16.5. The molecule has 0 N–H and O–H groups in total. The fourth-order valence-corrected chi connectivity index (χ4v) is 13.8. The van der Waals surface area contributed by atoms with Gasteiger partial charge in [0.25, 0.3) is 0 Å². The molecule has 15 rings (SSSR count). The summed E-state index contributed by atoms with van der Waals surface area (Å²) in [6.07, 6.45) is 11.0. The Balaban J connectivity index is 0.897. The van der Waals surface area contributed by atoms with Gasteiger partial charge in [-0.2, -0.15) is 0 Å². The van der Waals surface area contributed by atoms with Gasteiger partial charge in [-0.25, -0.2) is 0 Å². The first-order valence-corrected chi connectivity index (χ1v) is 25.5. The summed E-state index contributed by atoms with van der Waals surface area (Å²) < 4.78 is 0. The fraction of sp³-hybridized carbons (Fsp3) is 0.0423. The van der Waals surface area contributed by atoms with E-state index in [9.17, 15) is 0 Å². The topological polar surface area (TPSA) is 6.48 Å². The predicted octanol–water partition coefficient (Wildman–Crippen LogP) is 17.8. The van der Waals surface area contributed by atoms with Gasteiger partial charge in [-0.05, 0) is 168 Å². The lowest BCUT2D eigenvalue weighted by atomic mass is 9.70. The van der Waals surface area contributed by atoms with Gasteiger partial charge in [0, 0.05) is 11.4 Å². The van der Waals surface area contributed by atoms with E-state index in [1.54, 1.807) is 0 Å². The molecule has 0 amide bonds. The van der Waals surface area contributed by atoms with E-state index in [1.807, 2.05) is 6.08 Å². The molecule has 2 heteroatoms. The molecule has 0 aromatic heterocycles. The monoisotopic (exact) mass is 928 g/mol. The fourth-order valence-electron chi connectivity index (χ4n) is 13.8. The number of allylic oxidation sites excluding steroid dienone is 3. The van der Waals surface area contributed by atoms with Crippen LogP contribution < -0.4 is 9.80 Å². The van der Waals surface area contributed by atoms with Crippen molar-refractivity contribution in [3.63, 3.8) is 0 Å². The van der Waals surface area contributed by atoms with E-state index < -0.39 is 5.41 Å².